The molecule has 4 aromatic rings. The van der Waals surface area contributed by atoms with Crippen LogP contribution in [0.4, 0.5) is 5.69 Å². The highest BCUT2D eigenvalue weighted by molar-refractivity contribution is 6.10. The average Bonchev–Trinajstić information content (AvgIpc) is 2.86. The number of methoxy groups -OCH3 is 3. The zero-order valence-electron chi connectivity index (χ0n) is 18.0. The smallest absolute Gasteiger partial charge is 0.356 e. The number of nitrogens with one attached hydrogen (secondary N) is 1. The van der Waals surface area contributed by atoms with E-state index < -0.39 is 11.9 Å². The second-order valence-electron chi connectivity index (χ2n) is 6.88. The standard InChI is InChI=1S/C24H18N4O5/c1-31-19-10-17(26-21-13(12-25)6-4-7-14(19)21)23(29)28-16-9-5-8-15-20(32-2)11-18(24(30)33-3)27-22(15)16/h4-11H,1-3H3,(H,28,29). The van der Waals surface area contributed by atoms with Crippen molar-refractivity contribution in [1.82, 2.24) is 9.97 Å². The molecule has 0 fully saturated rings. The summed E-state index contributed by atoms with van der Waals surface area (Å²) in [6, 6.07) is 15.3. The Hall–Kier alpha value is -4.71. The molecule has 33 heavy (non-hydrogen) atoms. The predicted octanol–water partition coefficient (Wildman–Crippen LogP) is 3.71. The molecule has 0 unspecified atom stereocenters. The molecule has 1 N–H and O–H groups in total. The molecule has 0 aliphatic rings. The number of fused-ring (bicyclic) bond motifs is 2. The SMILES string of the molecule is COC(=O)c1cc(OC)c2cccc(NC(=O)c3cc(OC)c4cccc(C#N)c4n3)c2n1. The number of rotatable bonds is 5. The van der Waals surface area contributed by atoms with Crippen molar-refractivity contribution in [3.63, 3.8) is 0 Å². The van der Waals surface area contributed by atoms with Gasteiger partial charge in [-0.1, -0.05) is 12.1 Å². The number of hydrogen-bond acceptors (Lipinski definition) is 8. The van der Waals surface area contributed by atoms with Gasteiger partial charge in [0.25, 0.3) is 5.91 Å². The lowest BCUT2D eigenvalue weighted by Crippen LogP contribution is -2.15. The Morgan fingerprint density at radius 3 is 2.12 bits per heavy atom. The molecule has 2 aromatic carbocycles. The number of carbonyl (C=O) groups is 2. The molecule has 2 heterocycles. The molecule has 0 aliphatic carbocycles. The van der Waals surface area contributed by atoms with Crippen LogP contribution in [0.3, 0.4) is 0 Å². The molecule has 2 aromatic heterocycles. The van der Waals surface area contributed by atoms with Gasteiger partial charge in [0, 0.05) is 22.9 Å². The Balaban J connectivity index is 1.82. The summed E-state index contributed by atoms with van der Waals surface area (Å²) in [5.74, 6) is -0.366. The third kappa shape index (κ3) is 3.85. The zero-order chi connectivity index (χ0) is 23.5. The summed E-state index contributed by atoms with van der Waals surface area (Å²) in [6.45, 7) is 0. The van der Waals surface area contributed by atoms with Crippen LogP contribution < -0.4 is 14.8 Å². The third-order valence-corrected chi connectivity index (χ3v) is 5.04. The molecule has 0 radical (unpaired) electrons. The number of aromatic nitrogens is 2. The lowest BCUT2D eigenvalue weighted by molar-refractivity contribution is 0.0594. The van der Waals surface area contributed by atoms with Crippen molar-refractivity contribution in [2.45, 2.75) is 0 Å². The molecule has 9 nitrogen and oxygen atoms in total. The number of nitrogens with zero attached hydrogens (tertiary/aromatic N) is 3. The molecular weight excluding hydrogens is 424 g/mol. The molecule has 0 saturated carbocycles. The number of nitriles is 1. The van der Waals surface area contributed by atoms with Crippen LogP contribution in [0.2, 0.25) is 0 Å². The van der Waals surface area contributed by atoms with E-state index in [0.717, 1.165) is 0 Å². The Morgan fingerprint density at radius 2 is 1.48 bits per heavy atom. The molecule has 164 valence electrons. The van der Waals surface area contributed by atoms with Gasteiger partial charge in [-0.2, -0.15) is 5.26 Å². The van der Waals surface area contributed by atoms with Crippen molar-refractivity contribution in [2.75, 3.05) is 26.6 Å². The van der Waals surface area contributed by atoms with Crippen molar-refractivity contribution in [3.05, 3.63) is 65.5 Å². The van der Waals surface area contributed by atoms with E-state index in [1.54, 1.807) is 36.4 Å². The number of carbonyl (C=O) groups excluding carboxylic acids is 2. The predicted molar refractivity (Wildman–Crippen MR) is 121 cm³/mol. The first-order chi connectivity index (χ1) is 16.0. The lowest BCUT2D eigenvalue weighted by Gasteiger charge is -2.13. The number of hydrogen-bond donors (Lipinski definition) is 1. The molecule has 0 atom stereocenters. The minimum absolute atomic E-state index is 0.0349. The average molecular weight is 442 g/mol. The van der Waals surface area contributed by atoms with Gasteiger partial charge in [0.15, 0.2) is 5.69 Å². The quantitative estimate of drug-likeness (QED) is 0.464. The summed E-state index contributed by atoms with van der Waals surface area (Å²) >= 11 is 0. The fourth-order valence-corrected chi connectivity index (χ4v) is 3.48. The van der Waals surface area contributed by atoms with Crippen LogP contribution >= 0.6 is 0 Å². The first kappa shape index (κ1) is 21.5. The largest absolute Gasteiger partial charge is 0.496 e. The van der Waals surface area contributed by atoms with E-state index >= 15 is 0 Å². The van der Waals surface area contributed by atoms with Gasteiger partial charge in [-0.15, -0.1) is 0 Å². The highest BCUT2D eigenvalue weighted by Gasteiger charge is 2.19. The Kier molecular flexibility index (Phi) is 5.74. The van der Waals surface area contributed by atoms with Gasteiger partial charge < -0.3 is 19.5 Å². The zero-order valence-corrected chi connectivity index (χ0v) is 18.0. The maximum atomic E-state index is 13.1. The summed E-state index contributed by atoms with van der Waals surface area (Å²) < 4.78 is 15.6. The van der Waals surface area contributed by atoms with E-state index in [9.17, 15) is 14.9 Å². The highest BCUT2D eigenvalue weighted by Crippen LogP contribution is 2.32. The molecule has 0 saturated heterocycles. The van der Waals surface area contributed by atoms with Crippen molar-refractivity contribution >= 4 is 39.4 Å². The minimum Gasteiger partial charge on any atom is -0.496 e. The summed E-state index contributed by atoms with van der Waals surface area (Å²) in [6.07, 6.45) is 0. The molecular formula is C24H18N4O5. The number of esters is 1. The molecule has 0 spiro atoms. The summed E-state index contributed by atoms with van der Waals surface area (Å²) in [4.78, 5) is 33.9. The second-order valence-corrected chi connectivity index (χ2v) is 6.88. The fraction of sp³-hybridized carbons (Fsp3) is 0.125. The number of ether oxygens (including phenoxy) is 3. The van der Waals surface area contributed by atoms with Gasteiger partial charge in [-0.25, -0.2) is 14.8 Å². The van der Waals surface area contributed by atoms with E-state index in [4.69, 9.17) is 14.2 Å². The van der Waals surface area contributed by atoms with Crippen LogP contribution in [0.15, 0.2) is 48.5 Å². The van der Waals surface area contributed by atoms with Gasteiger partial charge in [0.2, 0.25) is 0 Å². The monoisotopic (exact) mass is 442 g/mol. The van der Waals surface area contributed by atoms with Gasteiger partial charge in [0.05, 0.1) is 43.6 Å². The third-order valence-electron chi connectivity index (χ3n) is 5.04. The van der Waals surface area contributed by atoms with Crippen LogP contribution in [0.1, 0.15) is 26.5 Å². The van der Waals surface area contributed by atoms with Crippen molar-refractivity contribution in [3.8, 4) is 17.6 Å². The Labute approximate surface area is 188 Å². The summed E-state index contributed by atoms with van der Waals surface area (Å²) in [5.41, 5.74) is 1.45. The topological polar surface area (TPSA) is 123 Å². The van der Waals surface area contributed by atoms with E-state index in [2.05, 4.69) is 21.4 Å². The first-order valence-corrected chi connectivity index (χ1v) is 9.76. The number of pyridine rings is 2. The minimum atomic E-state index is -0.638. The molecule has 9 heteroatoms. The molecule has 4 rings (SSSR count). The number of amides is 1. The second kappa shape index (κ2) is 8.80. The van der Waals surface area contributed by atoms with Crippen LogP contribution in [0.5, 0.6) is 11.5 Å². The van der Waals surface area contributed by atoms with Crippen molar-refractivity contribution in [2.24, 2.45) is 0 Å². The number of benzene rings is 2. The van der Waals surface area contributed by atoms with Gasteiger partial charge >= 0.3 is 5.97 Å². The number of para-hydroxylation sites is 2. The highest BCUT2D eigenvalue weighted by atomic mass is 16.5. The molecule has 0 bridgehead atoms. The Bertz CT molecular complexity index is 1460. The normalized spacial score (nSPS) is 10.5. The maximum absolute atomic E-state index is 13.1. The van der Waals surface area contributed by atoms with Crippen LogP contribution in [-0.2, 0) is 4.74 Å². The maximum Gasteiger partial charge on any atom is 0.356 e. The number of anilines is 1. The van der Waals surface area contributed by atoms with Gasteiger partial charge in [0.1, 0.15) is 23.3 Å². The molecule has 1 amide bonds. The van der Waals surface area contributed by atoms with Crippen LogP contribution in [0, 0.1) is 11.3 Å². The fourth-order valence-electron chi connectivity index (χ4n) is 3.48. The summed E-state index contributed by atoms with van der Waals surface area (Å²) in [5, 5.41) is 13.4. The molecule has 0 aliphatic heterocycles. The van der Waals surface area contributed by atoms with Crippen LogP contribution in [0.25, 0.3) is 21.8 Å². The van der Waals surface area contributed by atoms with E-state index in [-0.39, 0.29) is 11.4 Å². The van der Waals surface area contributed by atoms with Crippen LogP contribution in [-0.4, -0.2) is 43.2 Å². The Morgan fingerprint density at radius 1 is 0.879 bits per heavy atom. The summed E-state index contributed by atoms with van der Waals surface area (Å²) in [7, 11) is 4.20. The van der Waals surface area contributed by atoms with Crippen molar-refractivity contribution in [1.29, 1.82) is 5.26 Å². The van der Waals surface area contributed by atoms with Crippen molar-refractivity contribution < 1.29 is 23.8 Å². The van der Waals surface area contributed by atoms with E-state index in [1.165, 1.54) is 33.5 Å². The first-order valence-electron chi connectivity index (χ1n) is 9.76. The van der Waals surface area contributed by atoms with E-state index in [0.29, 0.717) is 44.6 Å². The lowest BCUT2D eigenvalue weighted by atomic mass is 10.1. The van der Waals surface area contributed by atoms with E-state index in [1.807, 2.05) is 0 Å². The van der Waals surface area contributed by atoms with Gasteiger partial charge in [-0.05, 0) is 24.3 Å². The van der Waals surface area contributed by atoms with Gasteiger partial charge in [-0.3, -0.25) is 4.79 Å².